The zero-order valence-electron chi connectivity index (χ0n) is 11.3. The lowest BCUT2D eigenvalue weighted by molar-refractivity contribution is 0.0696. The summed E-state index contributed by atoms with van der Waals surface area (Å²) >= 11 is 5.16. The molecule has 1 fully saturated rings. The third-order valence-electron chi connectivity index (χ3n) is 3.69. The Morgan fingerprint density at radius 1 is 1.32 bits per heavy atom. The van der Waals surface area contributed by atoms with Crippen molar-refractivity contribution in [3.05, 3.63) is 29.8 Å². The van der Waals surface area contributed by atoms with Gasteiger partial charge in [0.2, 0.25) is 0 Å². The summed E-state index contributed by atoms with van der Waals surface area (Å²) in [5.74, 6) is 0.180. The SMILES string of the molecule is CSc1ccc(C(=O)N(CCBr)C2CCCC2)cc1. The second kappa shape index (κ2) is 7.34. The first-order chi connectivity index (χ1) is 9.26. The number of halogens is 1. The molecular formula is C15H20BrNOS. The van der Waals surface area contributed by atoms with Crippen molar-refractivity contribution < 1.29 is 4.79 Å². The lowest BCUT2D eigenvalue weighted by Gasteiger charge is -2.28. The summed E-state index contributed by atoms with van der Waals surface area (Å²) in [5, 5.41) is 0.845. The van der Waals surface area contributed by atoms with E-state index in [0.717, 1.165) is 30.3 Å². The van der Waals surface area contributed by atoms with Crippen molar-refractivity contribution in [1.29, 1.82) is 0 Å². The Bertz CT molecular complexity index is 415. The number of alkyl halides is 1. The van der Waals surface area contributed by atoms with Crippen LogP contribution in [0.15, 0.2) is 29.2 Å². The highest BCUT2D eigenvalue weighted by atomic mass is 79.9. The smallest absolute Gasteiger partial charge is 0.254 e. The Hall–Kier alpha value is -0.480. The van der Waals surface area contributed by atoms with E-state index in [1.807, 2.05) is 30.5 Å². The van der Waals surface area contributed by atoms with Crippen LogP contribution in [0.2, 0.25) is 0 Å². The van der Waals surface area contributed by atoms with Gasteiger partial charge in [0.1, 0.15) is 0 Å². The summed E-state index contributed by atoms with van der Waals surface area (Å²) < 4.78 is 0. The van der Waals surface area contributed by atoms with Crippen LogP contribution in [-0.4, -0.2) is 35.0 Å². The number of nitrogens with zero attached hydrogens (tertiary/aromatic N) is 1. The molecular weight excluding hydrogens is 322 g/mol. The molecule has 0 unspecified atom stereocenters. The highest BCUT2D eigenvalue weighted by Gasteiger charge is 2.26. The summed E-state index contributed by atoms with van der Waals surface area (Å²) in [6.07, 6.45) is 6.86. The maximum absolute atomic E-state index is 12.6. The molecule has 1 amide bonds. The van der Waals surface area contributed by atoms with E-state index >= 15 is 0 Å². The largest absolute Gasteiger partial charge is 0.335 e. The molecule has 0 spiro atoms. The van der Waals surface area contributed by atoms with Crippen LogP contribution in [0.3, 0.4) is 0 Å². The molecule has 19 heavy (non-hydrogen) atoms. The van der Waals surface area contributed by atoms with Crippen LogP contribution in [0.25, 0.3) is 0 Å². The summed E-state index contributed by atoms with van der Waals surface area (Å²) in [6.45, 7) is 0.799. The average molecular weight is 342 g/mol. The van der Waals surface area contributed by atoms with Gasteiger partial charge in [0.15, 0.2) is 0 Å². The van der Waals surface area contributed by atoms with E-state index in [0.29, 0.717) is 6.04 Å². The second-order valence-electron chi connectivity index (χ2n) is 4.85. The van der Waals surface area contributed by atoms with Crippen LogP contribution in [-0.2, 0) is 0 Å². The predicted molar refractivity (Wildman–Crippen MR) is 85.3 cm³/mol. The quantitative estimate of drug-likeness (QED) is 0.591. The summed E-state index contributed by atoms with van der Waals surface area (Å²) in [5.41, 5.74) is 0.811. The topological polar surface area (TPSA) is 20.3 Å². The van der Waals surface area contributed by atoms with Crippen molar-refractivity contribution in [1.82, 2.24) is 4.90 Å². The Kier molecular flexibility index (Phi) is 5.76. The Balaban J connectivity index is 2.12. The van der Waals surface area contributed by atoms with E-state index in [-0.39, 0.29) is 5.91 Å². The number of amides is 1. The van der Waals surface area contributed by atoms with Crippen molar-refractivity contribution in [2.24, 2.45) is 0 Å². The third kappa shape index (κ3) is 3.76. The van der Waals surface area contributed by atoms with E-state index in [1.165, 1.54) is 17.7 Å². The standard InChI is InChI=1S/C15H20BrNOS/c1-19-14-8-6-12(7-9-14)15(18)17(11-10-16)13-4-2-3-5-13/h6-9,13H,2-5,10-11H2,1H3. The Morgan fingerprint density at radius 3 is 2.47 bits per heavy atom. The van der Waals surface area contributed by atoms with E-state index < -0.39 is 0 Å². The lowest BCUT2D eigenvalue weighted by Crippen LogP contribution is -2.40. The number of benzene rings is 1. The number of thioether (sulfide) groups is 1. The molecule has 1 aliphatic rings. The Labute approximate surface area is 128 Å². The molecule has 104 valence electrons. The van der Waals surface area contributed by atoms with E-state index in [9.17, 15) is 4.79 Å². The van der Waals surface area contributed by atoms with E-state index in [4.69, 9.17) is 0 Å². The molecule has 4 heteroatoms. The van der Waals surface area contributed by atoms with E-state index in [1.54, 1.807) is 11.8 Å². The fourth-order valence-electron chi connectivity index (χ4n) is 2.66. The fourth-order valence-corrected chi connectivity index (χ4v) is 3.45. The number of rotatable bonds is 5. The van der Waals surface area contributed by atoms with Crippen molar-refractivity contribution >= 4 is 33.6 Å². The zero-order chi connectivity index (χ0) is 13.7. The van der Waals surface area contributed by atoms with Crippen LogP contribution in [0, 0.1) is 0 Å². The minimum atomic E-state index is 0.180. The maximum Gasteiger partial charge on any atom is 0.254 e. The molecule has 2 nitrogen and oxygen atoms in total. The normalized spacial score (nSPS) is 15.7. The fraction of sp³-hybridized carbons (Fsp3) is 0.533. The van der Waals surface area contributed by atoms with Gasteiger partial charge in [-0.3, -0.25) is 4.79 Å². The molecule has 1 saturated carbocycles. The minimum Gasteiger partial charge on any atom is -0.335 e. The lowest BCUT2D eigenvalue weighted by atomic mass is 10.1. The molecule has 0 bridgehead atoms. The molecule has 1 aliphatic carbocycles. The molecule has 0 radical (unpaired) electrons. The van der Waals surface area contributed by atoms with Crippen LogP contribution in [0.4, 0.5) is 0 Å². The predicted octanol–water partition coefficient (Wildman–Crippen LogP) is 4.19. The van der Waals surface area contributed by atoms with Crippen LogP contribution < -0.4 is 0 Å². The number of hydrogen-bond acceptors (Lipinski definition) is 2. The average Bonchev–Trinajstić information content (AvgIpc) is 2.98. The molecule has 0 N–H and O–H groups in total. The second-order valence-corrected chi connectivity index (χ2v) is 6.53. The molecule has 1 aromatic carbocycles. The number of carbonyl (C=O) groups is 1. The van der Waals surface area contributed by atoms with Gasteiger partial charge in [0.05, 0.1) is 0 Å². The molecule has 0 saturated heterocycles. The van der Waals surface area contributed by atoms with Crippen molar-refractivity contribution in [3.63, 3.8) is 0 Å². The molecule has 2 rings (SSSR count). The number of hydrogen-bond donors (Lipinski definition) is 0. The third-order valence-corrected chi connectivity index (χ3v) is 4.79. The van der Waals surface area contributed by atoms with Gasteiger partial charge in [-0.15, -0.1) is 11.8 Å². The van der Waals surface area contributed by atoms with Crippen molar-refractivity contribution in [2.45, 2.75) is 36.6 Å². The summed E-state index contributed by atoms with van der Waals surface area (Å²) in [6, 6.07) is 8.39. The Morgan fingerprint density at radius 2 is 1.95 bits per heavy atom. The highest BCUT2D eigenvalue weighted by Crippen LogP contribution is 2.25. The van der Waals surface area contributed by atoms with Gasteiger partial charge >= 0.3 is 0 Å². The van der Waals surface area contributed by atoms with Gasteiger partial charge in [-0.05, 0) is 43.4 Å². The van der Waals surface area contributed by atoms with Gasteiger partial charge < -0.3 is 4.90 Å². The van der Waals surface area contributed by atoms with Crippen molar-refractivity contribution in [3.8, 4) is 0 Å². The van der Waals surface area contributed by atoms with E-state index in [2.05, 4.69) is 20.8 Å². The highest BCUT2D eigenvalue weighted by molar-refractivity contribution is 9.09. The minimum absolute atomic E-state index is 0.180. The van der Waals surface area contributed by atoms with Crippen LogP contribution in [0.1, 0.15) is 36.0 Å². The summed E-state index contributed by atoms with van der Waals surface area (Å²) in [7, 11) is 0. The molecule has 0 atom stereocenters. The first kappa shape index (κ1) is 14.9. The first-order valence-electron chi connectivity index (χ1n) is 6.77. The molecule has 1 aromatic rings. The molecule has 0 heterocycles. The van der Waals surface area contributed by atoms with Gasteiger partial charge in [-0.25, -0.2) is 0 Å². The first-order valence-corrected chi connectivity index (χ1v) is 9.12. The zero-order valence-corrected chi connectivity index (χ0v) is 13.7. The van der Waals surface area contributed by atoms with Crippen LogP contribution >= 0.6 is 27.7 Å². The molecule has 0 aliphatic heterocycles. The molecule has 0 aromatic heterocycles. The van der Waals surface area contributed by atoms with Gasteiger partial charge in [0, 0.05) is 28.4 Å². The van der Waals surface area contributed by atoms with Gasteiger partial charge in [-0.1, -0.05) is 28.8 Å². The maximum atomic E-state index is 12.6. The number of carbonyl (C=O) groups excluding carboxylic acids is 1. The van der Waals surface area contributed by atoms with Gasteiger partial charge in [-0.2, -0.15) is 0 Å². The van der Waals surface area contributed by atoms with Crippen molar-refractivity contribution in [2.75, 3.05) is 18.1 Å². The van der Waals surface area contributed by atoms with Crippen LogP contribution in [0.5, 0.6) is 0 Å². The monoisotopic (exact) mass is 341 g/mol. The summed E-state index contributed by atoms with van der Waals surface area (Å²) in [4.78, 5) is 15.9. The van der Waals surface area contributed by atoms with Gasteiger partial charge in [0.25, 0.3) is 5.91 Å².